The Balaban J connectivity index is 1.48. The third kappa shape index (κ3) is 3.08. The van der Waals surface area contributed by atoms with E-state index in [9.17, 15) is 18.8 Å². The first-order valence-corrected chi connectivity index (χ1v) is 13.0. The van der Waals surface area contributed by atoms with Gasteiger partial charge in [-0.15, -0.1) is 0 Å². The molecule has 4 aromatic rings. The molecule has 0 radical (unpaired) electrons. The maximum Gasteiger partial charge on any atom is 0.240 e. The number of nitrogens with one attached hydrogen (secondary N) is 1. The van der Waals surface area contributed by atoms with Crippen LogP contribution in [0.2, 0.25) is 0 Å². The van der Waals surface area contributed by atoms with E-state index in [1.165, 1.54) is 24.3 Å². The van der Waals surface area contributed by atoms with Gasteiger partial charge in [0.15, 0.2) is 0 Å². The first-order valence-electron chi connectivity index (χ1n) is 13.0. The van der Waals surface area contributed by atoms with Crippen molar-refractivity contribution in [2.75, 3.05) is 10.2 Å². The summed E-state index contributed by atoms with van der Waals surface area (Å²) in [6.07, 6.45) is 0. The van der Waals surface area contributed by atoms with Crippen LogP contribution < -0.4 is 10.2 Å². The average Bonchev–Trinajstić information content (AvgIpc) is 3.19. The van der Waals surface area contributed by atoms with Gasteiger partial charge in [0.25, 0.3) is 0 Å². The highest BCUT2D eigenvalue weighted by molar-refractivity contribution is 6.26. The number of rotatable bonds is 3. The van der Waals surface area contributed by atoms with E-state index in [-0.39, 0.29) is 17.7 Å². The molecule has 1 saturated heterocycles. The van der Waals surface area contributed by atoms with E-state index in [4.69, 9.17) is 0 Å². The summed E-state index contributed by atoms with van der Waals surface area (Å²) in [7, 11) is 0. The van der Waals surface area contributed by atoms with Gasteiger partial charge in [-0.25, -0.2) is 9.29 Å². The SMILES string of the molecule is Cc1cc(C)cc(NC(=O)C23c4ccccc4C(c4ccccc42)[C@@H]2C(=O)N(c4ccc(F)cc4)C(=O)[C@@H]23)c1. The van der Waals surface area contributed by atoms with Crippen LogP contribution in [-0.4, -0.2) is 17.7 Å². The zero-order valence-corrected chi connectivity index (χ0v) is 21.4. The van der Waals surface area contributed by atoms with Crippen molar-refractivity contribution in [3.05, 3.63) is 130 Å². The Bertz CT molecular complexity index is 1640. The molecule has 5 nitrogen and oxygen atoms in total. The molecule has 0 saturated carbocycles. The average molecular weight is 517 g/mol. The molecule has 39 heavy (non-hydrogen) atoms. The van der Waals surface area contributed by atoms with Crippen LogP contribution >= 0.6 is 0 Å². The zero-order valence-electron chi connectivity index (χ0n) is 21.4. The molecule has 192 valence electrons. The standard InChI is InChI=1S/C33H25FN2O3/c1-18-15-19(2)17-21(16-18)35-32(39)33-25-9-5-3-7-23(25)27(24-8-4-6-10-26(24)33)28-29(33)31(38)36(30(28)37)22-13-11-20(34)12-14-22/h3-17,27-29H,1-2H3,(H,35,39)/t27?,28-,29+,33?/m0/s1. The monoisotopic (exact) mass is 516 g/mol. The fraction of sp³-hybridized carbons (Fsp3) is 0.182. The van der Waals surface area contributed by atoms with Gasteiger partial charge in [0.05, 0.1) is 17.5 Å². The van der Waals surface area contributed by atoms with Crippen LogP contribution in [0.4, 0.5) is 15.8 Å². The number of halogens is 1. The number of imide groups is 1. The molecule has 3 amide bonds. The molecule has 1 fully saturated rings. The van der Waals surface area contributed by atoms with E-state index in [1.54, 1.807) is 0 Å². The van der Waals surface area contributed by atoms with Gasteiger partial charge < -0.3 is 5.32 Å². The number of aryl methyl sites for hydroxylation is 2. The van der Waals surface area contributed by atoms with Crippen LogP contribution in [0.25, 0.3) is 0 Å². The van der Waals surface area contributed by atoms with E-state index in [0.29, 0.717) is 11.4 Å². The van der Waals surface area contributed by atoms with Gasteiger partial charge in [-0.2, -0.15) is 0 Å². The van der Waals surface area contributed by atoms with Crippen LogP contribution in [0, 0.1) is 31.5 Å². The summed E-state index contributed by atoms with van der Waals surface area (Å²) in [6, 6.07) is 26.5. The van der Waals surface area contributed by atoms with Crippen molar-refractivity contribution in [1.29, 1.82) is 0 Å². The van der Waals surface area contributed by atoms with Crippen LogP contribution in [-0.2, 0) is 19.8 Å². The van der Waals surface area contributed by atoms with Crippen LogP contribution in [0.5, 0.6) is 0 Å². The number of benzene rings is 4. The minimum atomic E-state index is -1.42. The number of hydrogen-bond donors (Lipinski definition) is 1. The number of carbonyl (C=O) groups is 3. The number of amides is 3. The van der Waals surface area contributed by atoms with Crippen molar-refractivity contribution >= 4 is 29.1 Å². The Kier molecular flexibility index (Phi) is 4.95. The summed E-state index contributed by atoms with van der Waals surface area (Å²) in [5.41, 5.74) is 4.79. The second kappa shape index (κ2) is 8.21. The third-order valence-corrected chi connectivity index (χ3v) is 8.54. The first-order chi connectivity index (χ1) is 18.8. The molecule has 6 heteroatoms. The van der Waals surface area contributed by atoms with E-state index in [1.807, 2.05) is 80.6 Å². The summed E-state index contributed by atoms with van der Waals surface area (Å²) in [6.45, 7) is 3.93. The highest BCUT2D eigenvalue weighted by atomic mass is 19.1. The summed E-state index contributed by atoms with van der Waals surface area (Å²) >= 11 is 0. The lowest BCUT2D eigenvalue weighted by Gasteiger charge is -2.52. The minimum Gasteiger partial charge on any atom is -0.325 e. The third-order valence-electron chi connectivity index (χ3n) is 8.54. The molecular weight excluding hydrogens is 491 g/mol. The maximum absolute atomic E-state index is 14.7. The van der Waals surface area contributed by atoms with Crippen molar-refractivity contribution in [2.45, 2.75) is 25.2 Å². The Hall–Kier alpha value is -4.58. The Morgan fingerprint density at radius 3 is 1.95 bits per heavy atom. The van der Waals surface area contributed by atoms with E-state index in [0.717, 1.165) is 38.3 Å². The Morgan fingerprint density at radius 1 is 0.795 bits per heavy atom. The predicted octanol–water partition coefficient (Wildman–Crippen LogP) is 5.63. The van der Waals surface area contributed by atoms with Gasteiger partial charge in [0.2, 0.25) is 17.7 Å². The first kappa shape index (κ1) is 23.5. The second-order valence-electron chi connectivity index (χ2n) is 10.8. The van der Waals surface area contributed by atoms with Gasteiger partial charge in [0.1, 0.15) is 11.2 Å². The predicted molar refractivity (Wildman–Crippen MR) is 146 cm³/mol. The van der Waals surface area contributed by atoms with Crippen molar-refractivity contribution in [3.63, 3.8) is 0 Å². The van der Waals surface area contributed by atoms with Gasteiger partial charge in [0, 0.05) is 11.6 Å². The molecule has 1 N–H and O–H groups in total. The number of nitrogens with zero attached hydrogens (tertiary/aromatic N) is 1. The van der Waals surface area contributed by atoms with Crippen molar-refractivity contribution in [2.24, 2.45) is 11.8 Å². The molecule has 2 atom stereocenters. The highest BCUT2D eigenvalue weighted by Crippen LogP contribution is 2.64. The van der Waals surface area contributed by atoms with Crippen molar-refractivity contribution in [3.8, 4) is 0 Å². The van der Waals surface area contributed by atoms with Gasteiger partial charge in [-0.1, -0.05) is 54.6 Å². The van der Waals surface area contributed by atoms with Crippen LogP contribution in [0.1, 0.15) is 39.3 Å². The number of anilines is 2. The molecule has 4 aromatic carbocycles. The molecule has 0 aromatic heterocycles. The lowest BCUT2D eigenvalue weighted by molar-refractivity contribution is -0.132. The maximum atomic E-state index is 14.7. The second-order valence-corrected chi connectivity index (χ2v) is 10.8. The quantitative estimate of drug-likeness (QED) is 0.359. The Morgan fingerprint density at radius 2 is 1.36 bits per heavy atom. The fourth-order valence-corrected chi connectivity index (χ4v) is 7.28. The summed E-state index contributed by atoms with van der Waals surface area (Å²) in [5.74, 6) is -3.70. The molecule has 3 aliphatic carbocycles. The van der Waals surface area contributed by atoms with Gasteiger partial charge >= 0.3 is 0 Å². The van der Waals surface area contributed by atoms with Crippen molar-refractivity contribution < 1.29 is 18.8 Å². The van der Waals surface area contributed by atoms with Gasteiger partial charge in [-0.3, -0.25) is 14.4 Å². The molecular formula is C33H25FN2O3. The topological polar surface area (TPSA) is 66.5 Å². The fourth-order valence-electron chi connectivity index (χ4n) is 7.28. The molecule has 1 aliphatic heterocycles. The Labute approximate surface area is 225 Å². The van der Waals surface area contributed by atoms with Gasteiger partial charge in [-0.05, 0) is 83.6 Å². The van der Waals surface area contributed by atoms with E-state index >= 15 is 0 Å². The summed E-state index contributed by atoms with van der Waals surface area (Å²) in [5, 5.41) is 3.13. The van der Waals surface area contributed by atoms with Crippen LogP contribution in [0.3, 0.4) is 0 Å². The number of carbonyl (C=O) groups excluding carboxylic acids is 3. The lowest BCUT2D eigenvalue weighted by Crippen LogP contribution is -2.59. The van der Waals surface area contributed by atoms with E-state index < -0.39 is 29.0 Å². The zero-order chi connectivity index (χ0) is 27.1. The normalized spacial score (nSPS) is 24.3. The molecule has 4 aliphatic rings. The minimum absolute atomic E-state index is 0.304. The molecule has 0 unspecified atom stereocenters. The molecule has 1 heterocycles. The smallest absolute Gasteiger partial charge is 0.240 e. The molecule has 8 rings (SSSR count). The largest absolute Gasteiger partial charge is 0.325 e. The summed E-state index contributed by atoms with van der Waals surface area (Å²) < 4.78 is 13.7. The van der Waals surface area contributed by atoms with Crippen LogP contribution in [0.15, 0.2) is 91.0 Å². The number of hydrogen-bond acceptors (Lipinski definition) is 3. The summed E-state index contributed by atoms with van der Waals surface area (Å²) in [4.78, 5) is 44.4. The molecule has 0 spiro atoms. The highest BCUT2D eigenvalue weighted by Gasteiger charge is 2.71. The molecule has 2 bridgehead atoms. The van der Waals surface area contributed by atoms with E-state index in [2.05, 4.69) is 5.32 Å². The van der Waals surface area contributed by atoms with Crippen molar-refractivity contribution in [1.82, 2.24) is 0 Å². The lowest BCUT2D eigenvalue weighted by atomic mass is 9.47.